The van der Waals surface area contributed by atoms with E-state index in [-0.39, 0.29) is 17.1 Å². The maximum absolute atomic E-state index is 12.4. The first-order chi connectivity index (χ1) is 12.2. The van der Waals surface area contributed by atoms with E-state index in [1.54, 1.807) is 6.07 Å². The summed E-state index contributed by atoms with van der Waals surface area (Å²) in [5.41, 5.74) is 0.295. The van der Waals surface area contributed by atoms with Crippen LogP contribution >= 0.6 is 0 Å². The molecule has 0 radical (unpaired) electrons. The Morgan fingerprint density at radius 1 is 1.23 bits per heavy atom. The Morgan fingerprint density at radius 3 is 2.42 bits per heavy atom. The van der Waals surface area contributed by atoms with Crippen molar-refractivity contribution in [3.63, 3.8) is 0 Å². The monoisotopic (exact) mass is 385 g/mol. The highest BCUT2D eigenvalue weighted by atomic mass is 32.2. The summed E-state index contributed by atoms with van der Waals surface area (Å²) in [6.07, 6.45) is 0. The topological polar surface area (TPSA) is 99.0 Å². The summed E-state index contributed by atoms with van der Waals surface area (Å²) in [5.74, 6) is 0. The lowest BCUT2D eigenvalue weighted by molar-refractivity contribution is -0.384. The standard InChI is InChI=1S/C16H27N5O4S/c1-4-19-9-11-20(12-10-19)15-6-5-14(13-16(15)21(22)23)26(24,25)17-7-8-18(2)3/h5-6,13,17H,4,7-12H2,1-3H3. The average Bonchev–Trinajstić information content (AvgIpc) is 2.60. The first-order valence-electron chi connectivity index (χ1n) is 8.64. The lowest BCUT2D eigenvalue weighted by Crippen LogP contribution is -2.46. The molecule has 1 aromatic carbocycles. The summed E-state index contributed by atoms with van der Waals surface area (Å²) < 4.78 is 27.2. The third-order valence-corrected chi connectivity index (χ3v) is 5.92. The van der Waals surface area contributed by atoms with Crippen LogP contribution in [0, 0.1) is 10.1 Å². The number of hydrogen-bond acceptors (Lipinski definition) is 7. The first kappa shape index (κ1) is 20.6. The van der Waals surface area contributed by atoms with Crippen LogP contribution in [0.1, 0.15) is 6.92 Å². The molecular formula is C16H27N5O4S. The fourth-order valence-electron chi connectivity index (χ4n) is 2.88. The SMILES string of the molecule is CCN1CCN(c2ccc(S(=O)(=O)NCCN(C)C)cc2[N+](=O)[O-])CC1. The summed E-state index contributed by atoms with van der Waals surface area (Å²) >= 11 is 0. The molecule has 1 heterocycles. The molecule has 0 aromatic heterocycles. The number of benzene rings is 1. The van der Waals surface area contributed by atoms with E-state index in [9.17, 15) is 18.5 Å². The van der Waals surface area contributed by atoms with Gasteiger partial charge in [-0.05, 0) is 32.8 Å². The van der Waals surface area contributed by atoms with Gasteiger partial charge in [0.1, 0.15) is 5.69 Å². The van der Waals surface area contributed by atoms with Crippen LogP contribution < -0.4 is 9.62 Å². The molecule has 26 heavy (non-hydrogen) atoms. The molecule has 0 bridgehead atoms. The minimum absolute atomic E-state index is 0.0844. The van der Waals surface area contributed by atoms with E-state index in [1.165, 1.54) is 6.07 Å². The zero-order chi connectivity index (χ0) is 19.3. The highest BCUT2D eigenvalue weighted by molar-refractivity contribution is 7.89. The van der Waals surface area contributed by atoms with Crippen molar-refractivity contribution in [3.05, 3.63) is 28.3 Å². The lowest BCUT2D eigenvalue weighted by atomic mass is 10.2. The van der Waals surface area contributed by atoms with Crippen LogP contribution in [0.3, 0.4) is 0 Å². The summed E-state index contributed by atoms with van der Waals surface area (Å²) in [6.45, 7) is 6.85. The molecule has 0 amide bonds. The van der Waals surface area contributed by atoms with Gasteiger partial charge in [-0.1, -0.05) is 6.92 Å². The van der Waals surface area contributed by atoms with Gasteiger partial charge in [-0.25, -0.2) is 13.1 Å². The summed E-state index contributed by atoms with van der Waals surface area (Å²) in [4.78, 5) is 17.0. The largest absolute Gasteiger partial charge is 0.363 e. The van der Waals surface area contributed by atoms with Gasteiger partial charge in [-0.3, -0.25) is 10.1 Å². The van der Waals surface area contributed by atoms with E-state index in [0.717, 1.165) is 25.7 Å². The van der Waals surface area contributed by atoms with E-state index in [4.69, 9.17) is 0 Å². The van der Waals surface area contributed by atoms with Gasteiger partial charge in [0.15, 0.2) is 0 Å². The third-order valence-electron chi connectivity index (χ3n) is 4.47. The fraction of sp³-hybridized carbons (Fsp3) is 0.625. The van der Waals surface area contributed by atoms with Crippen LogP contribution in [0.2, 0.25) is 0 Å². The molecule has 0 spiro atoms. The smallest absolute Gasteiger partial charge is 0.293 e. The van der Waals surface area contributed by atoms with Crippen LogP contribution in [-0.2, 0) is 10.0 Å². The molecule has 1 saturated heterocycles. The molecule has 10 heteroatoms. The molecule has 1 aromatic rings. The summed E-state index contributed by atoms with van der Waals surface area (Å²) in [5, 5.41) is 11.5. The van der Waals surface area contributed by atoms with Crippen LogP contribution in [0.15, 0.2) is 23.1 Å². The number of nitro groups is 1. The quantitative estimate of drug-likeness (QED) is 0.516. The molecule has 0 unspecified atom stereocenters. The summed E-state index contributed by atoms with van der Waals surface area (Å²) in [6, 6.07) is 4.13. The molecule has 1 fully saturated rings. The van der Waals surface area contributed by atoms with Crippen LogP contribution in [0.5, 0.6) is 0 Å². The highest BCUT2D eigenvalue weighted by Crippen LogP contribution is 2.31. The van der Waals surface area contributed by atoms with E-state index >= 15 is 0 Å². The molecule has 1 aliphatic rings. The third kappa shape index (κ3) is 5.13. The Morgan fingerprint density at radius 2 is 1.88 bits per heavy atom. The van der Waals surface area contributed by atoms with Gasteiger partial charge in [0.25, 0.3) is 5.69 Å². The molecule has 146 valence electrons. The normalized spacial score (nSPS) is 16.2. The Labute approximate surface area is 154 Å². The van der Waals surface area contributed by atoms with Gasteiger partial charge in [0.05, 0.1) is 9.82 Å². The minimum atomic E-state index is -3.78. The zero-order valence-electron chi connectivity index (χ0n) is 15.5. The van der Waals surface area contributed by atoms with Crippen molar-refractivity contribution in [1.29, 1.82) is 0 Å². The lowest BCUT2D eigenvalue weighted by Gasteiger charge is -2.35. The molecule has 1 N–H and O–H groups in total. The predicted octanol–water partition coefficient (Wildman–Crippen LogP) is 0.577. The maximum atomic E-state index is 12.4. The average molecular weight is 385 g/mol. The maximum Gasteiger partial charge on any atom is 0.293 e. The number of likely N-dealkylation sites (N-methyl/N-ethyl adjacent to an activating group) is 2. The van der Waals surface area contributed by atoms with Crippen molar-refractivity contribution < 1.29 is 13.3 Å². The number of rotatable bonds is 8. The van der Waals surface area contributed by atoms with Crippen molar-refractivity contribution in [2.45, 2.75) is 11.8 Å². The van der Waals surface area contributed by atoms with Crippen molar-refractivity contribution in [3.8, 4) is 0 Å². The molecule has 0 aliphatic carbocycles. The number of sulfonamides is 1. The molecular weight excluding hydrogens is 358 g/mol. The Hall–Kier alpha value is -1.75. The number of nitro benzene ring substituents is 1. The van der Waals surface area contributed by atoms with E-state index < -0.39 is 14.9 Å². The van der Waals surface area contributed by atoms with Crippen LogP contribution in [0.25, 0.3) is 0 Å². The molecule has 2 rings (SSSR count). The number of piperazine rings is 1. The predicted molar refractivity (Wildman–Crippen MR) is 101 cm³/mol. The first-order valence-corrected chi connectivity index (χ1v) is 10.1. The van der Waals surface area contributed by atoms with Crippen molar-refractivity contribution in [2.24, 2.45) is 0 Å². The molecule has 0 saturated carbocycles. The van der Waals surface area contributed by atoms with Crippen molar-refractivity contribution in [2.75, 3.05) is 64.8 Å². The van der Waals surface area contributed by atoms with E-state index in [1.807, 2.05) is 23.9 Å². The van der Waals surface area contributed by atoms with Gasteiger partial charge in [-0.15, -0.1) is 0 Å². The van der Waals surface area contributed by atoms with Crippen molar-refractivity contribution in [1.82, 2.24) is 14.5 Å². The van der Waals surface area contributed by atoms with E-state index in [0.29, 0.717) is 25.3 Å². The number of hydrogen-bond donors (Lipinski definition) is 1. The summed E-state index contributed by atoms with van der Waals surface area (Å²) in [7, 11) is -0.101. The number of nitrogens with zero attached hydrogens (tertiary/aromatic N) is 4. The van der Waals surface area contributed by atoms with Gasteiger partial charge in [0.2, 0.25) is 10.0 Å². The number of anilines is 1. The van der Waals surface area contributed by atoms with Crippen LogP contribution in [-0.4, -0.2) is 83.0 Å². The van der Waals surface area contributed by atoms with Gasteiger partial charge >= 0.3 is 0 Å². The zero-order valence-corrected chi connectivity index (χ0v) is 16.3. The number of nitrogens with one attached hydrogen (secondary N) is 1. The van der Waals surface area contributed by atoms with Gasteiger partial charge in [0, 0.05) is 45.3 Å². The second-order valence-electron chi connectivity index (χ2n) is 6.53. The Balaban J connectivity index is 2.22. The molecule has 9 nitrogen and oxygen atoms in total. The second-order valence-corrected chi connectivity index (χ2v) is 8.30. The minimum Gasteiger partial charge on any atom is -0.363 e. The van der Waals surface area contributed by atoms with E-state index in [2.05, 4.69) is 16.5 Å². The molecule has 1 aliphatic heterocycles. The van der Waals surface area contributed by atoms with Gasteiger partial charge < -0.3 is 14.7 Å². The highest BCUT2D eigenvalue weighted by Gasteiger charge is 2.26. The second kappa shape index (κ2) is 8.76. The fourth-order valence-corrected chi connectivity index (χ4v) is 3.92. The van der Waals surface area contributed by atoms with Gasteiger partial charge in [-0.2, -0.15) is 0 Å². The Kier molecular flexibility index (Phi) is 6.93. The Bertz CT molecular complexity index is 730. The molecule has 0 atom stereocenters. The van der Waals surface area contributed by atoms with Crippen molar-refractivity contribution >= 4 is 21.4 Å². The van der Waals surface area contributed by atoms with Crippen LogP contribution in [0.4, 0.5) is 11.4 Å².